The summed E-state index contributed by atoms with van der Waals surface area (Å²) >= 11 is 5.86. The van der Waals surface area contributed by atoms with Gasteiger partial charge in [-0.2, -0.15) is 0 Å². The van der Waals surface area contributed by atoms with Crippen molar-refractivity contribution in [2.75, 3.05) is 0 Å². The van der Waals surface area contributed by atoms with E-state index in [1.165, 1.54) is 13.0 Å². The predicted molar refractivity (Wildman–Crippen MR) is 90.9 cm³/mol. The summed E-state index contributed by atoms with van der Waals surface area (Å²) < 4.78 is 13.6. The Bertz CT molecular complexity index is 719. The van der Waals surface area contributed by atoms with Crippen molar-refractivity contribution in [1.29, 1.82) is 0 Å². The number of hydrogen-bond acceptors (Lipinski definition) is 2. The van der Waals surface area contributed by atoms with Crippen LogP contribution >= 0.6 is 11.6 Å². The van der Waals surface area contributed by atoms with Crippen molar-refractivity contribution in [1.82, 2.24) is 10.6 Å². The zero-order valence-electron chi connectivity index (χ0n) is 13.2. The van der Waals surface area contributed by atoms with E-state index in [4.69, 9.17) is 11.6 Å². The van der Waals surface area contributed by atoms with E-state index in [1.807, 2.05) is 0 Å². The maximum Gasteiger partial charge on any atom is 0.222 e. The van der Waals surface area contributed by atoms with Gasteiger partial charge in [0.2, 0.25) is 11.8 Å². The van der Waals surface area contributed by atoms with Gasteiger partial charge in [-0.15, -0.1) is 0 Å². The van der Waals surface area contributed by atoms with Crippen molar-refractivity contribution in [3.05, 3.63) is 70.5 Å². The monoisotopic (exact) mass is 348 g/mol. The molecule has 24 heavy (non-hydrogen) atoms. The quantitative estimate of drug-likeness (QED) is 0.841. The molecular weight excluding hydrogens is 331 g/mol. The van der Waals surface area contributed by atoms with Gasteiger partial charge < -0.3 is 10.6 Å². The molecule has 1 atom stereocenters. The van der Waals surface area contributed by atoms with Crippen LogP contribution in [0.4, 0.5) is 4.39 Å². The molecule has 2 rings (SSSR count). The summed E-state index contributed by atoms with van der Waals surface area (Å²) in [6.45, 7) is 1.49. The van der Waals surface area contributed by atoms with Crippen LogP contribution < -0.4 is 10.6 Å². The Morgan fingerprint density at radius 3 is 2.42 bits per heavy atom. The molecule has 2 aromatic rings. The van der Waals surface area contributed by atoms with Crippen molar-refractivity contribution < 1.29 is 14.0 Å². The summed E-state index contributed by atoms with van der Waals surface area (Å²) in [6, 6.07) is 12.7. The fourth-order valence-electron chi connectivity index (χ4n) is 2.29. The van der Waals surface area contributed by atoms with Gasteiger partial charge in [-0.25, -0.2) is 4.39 Å². The zero-order valence-corrected chi connectivity index (χ0v) is 13.9. The number of halogens is 2. The van der Waals surface area contributed by atoms with E-state index in [9.17, 15) is 14.0 Å². The summed E-state index contributed by atoms with van der Waals surface area (Å²) in [7, 11) is 0. The van der Waals surface area contributed by atoms with E-state index in [-0.39, 0.29) is 30.6 Å². The molecule has 0 saturated carbocycles. The van der Waals surface area contributed by atoms with Gasteiger partial charge >= 0.3 is 0 Å². The highest BCUT2D eigenvalue weighted by atomic mass is 35.5. The Hall–Kier alpha value is -2.40. The summed E-state index contributed by atoms with van der Waals surface area (Å²) in [6.07, 6.45) is 0.0513. The standard InChI is InChI=1S/C18H18ClFN2O2/c1-12(23)22-17(13-6-8-15(19)9-7-13)10-18(24)21-11-14-4-2-3-5-16(14)20/h2-9,17H,10-11H2,1H3,(H,21,24)(H,22,23). The van der Waals surface area contributed by atoms with Crippen LogP contribution in [-0.4, -0.2) is 11.8 Å². The first-order chi connectivity index (χ1) is 11.5. The fraction of sp³-hybridized carbons (Fsp3) is 0.222. The number of benzene rings is 2. The van der Waals surface area contributed by atoms with Crippen LogP contribution in [0.5, 0.6) is 0 Å². The van der Waals surface area contributed by atoms with E-state index in [0.29, 0.717) is 10.6 Å². The van der Waals surface area contributed by atoms with Gasteiger partial charge in [0.25, 0.3) is 0 Å². The summed E-state index contributed by atoms with van der Waals surface area (Å²) in [5.74, 6) is -0.891. The van der Waals surface area contributed by atoms with Crippen LogP contribution in [0.2, 0.25) is 5.02 Å². The largest absolute Gasteiger partial charge is 0.352 e. The Balaban J connectivity index is 2.00. The third-order valence-corrected chi connectivity index (χ3v) is 3.73. The molecule has 6 heteroatoms. The lowest BCUT2D eigenvalue weighted by Gasteiger charge is -2.18. The second kappa shape index (κ2) is 8.45. The van der Waals surface area contributed by atoms with Crippen LogP contribution in [0, 0.1) is 5.82 Å². The Kier molecular flexibility index (Phi) is 6.32. The molecule has 4 nitrogen and oxygen atoms in total. The summed E-state index contributed by atoms with van der Waals surface area (Å²) in [4.78, 5) is 23.5. The topological polar surface area (TPSA) is 58.2 Å². The molecule has 0 aliphatic carbocycles. The molecule has 0 aliphatic rings. The van der Waals surface area contributed by atoms with E-state index in [1.54, 1.807) is 42.5 Å². The number of nitrogens with one attached hydrogen (secondary N) is 2. The van der Waals surface area contributed by atoms with Gasteiger partial charge in [0, 0.05) is 24.1 Å². The molecule has 0 bridgehead atoms. The average molecular weight is 349 g/mol. The number of rotatable bonds is 6. The molecule has 126 valence electrons. The zero-order chi connectivity index (χ0) is 17.5. The minimum absolute atomic E-state index is 0.0513. The van der Waals surface area contributed by atoms with Gasteiger partial charge in [0.15, 0.2) is 0 Å². The van der Waals surface area contributed by atoms with Gasteiger partial charge in [0.05, 0.1) is 12.5 Å². The molecule has 0 spiro atoms. The lowest BCUT2D eigenvalue weighted by atomic mass is 10.0. The van der Waals surface area contributed by atoms with E-state index < -0.39 is 6.04 Å². The fourth-order valence-corrected chi connectivity index (χ4v) is 2.41. The second-order valence-corrected chi connectivity index (χ2v) is 5.81. The highest BCUT2D eigenvalue weighted by molar-refractivity contribution is 6.30. The molecule has 2 amide bonds. The molecule has 0 radical (unpaired) electrons. The number of carbonyl (C=O) groups excluding carboxylic acids is 2. The summed E-state index contributed by atoms with van der Waals surface area (Å²) in [5, 5.41) is 5.98. The third kappa shape index (κ3) is 5.35. The SMILES string of the molecule is CC(=O)NC(CC(=O)NCc1ccccc1F)c1ccc(Cl)cc1. The second-order valence-electron chi connectivity index (χ2n) is 5.38. The number of hydrogen-bond donors (Lipinski definition) is 2. The first kappa shape index (κ1) is 17.9. The van der Waals surface area contributed by atoms with Gasteiger partial charge in [0.1, 0.15) is 5.82 Å². The van der Waals surface area contributed by atoms with Crippen molar-refractivity contribution in [3.8, 4) is 0 Å². The maximum atomic E-state index is 13.6. The Labute approximate surface area is 145 Å². The third-order valence-electron chi connectivity index (χ3n) is 3.47. The lowest BCUT2D eigenvalue weighted by molar-refractivity contribution is -0.122. The molecular formula is C18H18ClFN2O2. The highest BCUT2D eigenvalue weighted by Crippen LogP contribution is 2.19. The van der Waals surface area contributed by atoms with Crippen LogP contribution in [0.1, 0.15) is 30.5 Å². The number of carbonyl (C=O) groups is 2. The van der Waals surface area contributed by atoms with Crippen molar-refractivity contribution in [2.24, 2.45) is 0 Å². The lowest BCUT2D eigenvalue weighted by Crippen LogP contribution is -2.32. The van der Waals surface area contributed by atoms with Crippen LogP contribution in [0.15, 0.2) is 48.5 Å². The maximum absolute atomic E-state index is 13.6. The van der Waals surface area contributed by atoms with E-state index >= 15 is 0 Å². The highest BCUT2D eigenvalue weighted by Gasteiger charge is 2.17. The van der Waals surface area contributed by atoms with Gasteiger partial charge in [-0.1, -0.05) is 41.9 Å². The summed E-state index contributed by atoms with van der Waals surface area (Å²) in [5.41, 5.74) is 1.18. The average Bonchev–Trinajstić information content (AvgIpc) is 2.54. The molecule has 0 heterocycles. The van der Waals surface area contributed by atoms with Crippen molar-refractivity contribution in [2.45, 2.75) is 25.9 Å². The van der Waals surface area contributed by atoms with Crippen LogP contribution in [0.25, 0.3) is 0 Å². The molecule has 0 fully saturated rings. The van der Waals surface area contributed by atoms with Crippen molar-refractivity contribution in [3.63, 3.8) is 0 Å². The number of amides is 2. The van der Waals surface area contributed by atoms with Crippen LogP contribution in [0.3, 0.4) is 0 Å². The normalized spacial score (nSPS) is 11.6. The molecule has 1 unspecified atom stereocenters. The molecule has 0 aliphatic heterocycles. The minimum Gasteiger partial charge on any atom is -0.352 e. The first-order valence-corrected chi connectivity index (χ1v) is 7.86. The molecule has 0 saturated heterocycles. The van der Waals surface area contributed by atoms with E-state index in [0.717, 1.165) is 5.56 Å². The minimum atomic E-state index is -0.472. The molecule has 2 aromatic carbocycles. The van der Waals surface area contributed by atoms with Gasteiger partial charge in [-0.05, 0) is 23.8 Å². The predicted octanol–water partition coefficient (Wildman–Crippen LogP) is 3.36. The Morgan fingerprint density at radius 2 is 1.79 bits per heavy atom. The van der Waals surface area contributed by atoms with E-state index in [2.05, 4.69) is 10.6 Å². The first-order valence-electron chi connectivity index (χ1n) is 7.48. The Morgan fingerprint density at radius 1 is 1.12 bits per heavy atom. The molecule has 2 N–H and O–H groups in total. The van der Waals surface area contributed by atoms with Crippen LogP contribution in [-0.2, 0) is 16.1 Å². The smallest absolute Gasteiger partial charge is 0.222 e. The molecule has 0 aromatic heterocycles. The van der Waals surface area contributed by atoms with Crippen molar-refractivity contribution >= 4 is 23.4 Å². The van der Waals surface area contributed by atoms with Gasteiger partial charge in [-0.3, -0.25) is 9.59 Å².